The molecule has 88 valence electrons. The maximum atomic E-state index is 5.77. The molecule has 0 N–H and O–H groups in total. The molecule has 0 fully saturated rings. The van der Waals surface area contributed by atoms with Gasteiger partial charge in [0.05, 0.1) is 5.70 Å². The Morgan fingerprint density at radius 2 is 1.75 bits per heavy atom. The summed E-state index contributed by atoms with van der Waals surface area (Å²) in [7, 11) is 5.77. The van der Waals surface area contributed by atoms with Gasteiger partial charge in [0.15, 0.2) is 0 Å². The summed E-state index contributed by atoms with van der Waals surface area (Å²) in [6.45, 7) is 9.44. The van der Waals surface area contributed by atoms with Crippen molar-refractivity contribution < 1.29 is 4.74 Å². The minimum atomic E-state index is 0.674. The van der Waals surface area contributed by atoms with E-state index in [-0.39, 0.29) is 0 Å². The molecule has 0 saturated carbocycles. The van der Waals surface area contributed by atoms with E-state index in [1.807, 2.05) is 39.8 Å². The molecule has 0 bridgehead atoms. The molecule has 0 atom stereocenters. The third kappa shape index (κ3) is 4.17. The lowest BCUT2D eigenvalue weighted by Crippen LogP contribution is -2.29. The van der Waals surface area contributed by atoms with Crippen molar-refractivity contribution in [3.05, 3.63) is 35.8 Å². The normalized spacial score (nSPS) is 17.1. The predicted molar refractivity (Wildman–Crippen MR) is 71.0 cm³/mol. The molecule has 2 rings (SSSR count). The van der Waals surface area contributed by atoms with E-state index < -0.39 is 0 Å². The maximum absolute atomic E-state index is 5.77. The zero-order valence-electron chi connectivity index (χ0n) is 10.9. The van der Waals surface area contributed by atoms with Crippen molar-refractivity contribution in [1.82, 2.24) is 4.81 Å². The minimum absolute atomic E-state index is 0.674. The predicted octanol–water partition coefficient (Wildman–Crippen LogP) is 3.18. The Hall–Kier alpha value is -1.12. The van der Waals surface area contributed by atoms with Crippen molar-refractivity contribution in [2.75, 3.05) is 13.2 Å². The van der Waals surface area contributed by atoms with Gasteiger partial charge < -0.3 is 9.55 Å². The highest BCUT2D eigenvalue weighted by Crippen LogP contribution is 2.19. The summed E-state index contributed by atoms with van der Waals surface area (Å²) >= 11 is 0. The zero-order valence-corrected chi connectivity index (χ0v) is 10.9. The number of hydrogen-bond donors (Lipinski definition) is 0. The van der Waals surface area contributed by atoms with E-state index in [0.717, 1.165) is 24.4 Å². The van der Waals surface area contributed by atoms with Gasteiger partial charge in [-0.15, -0.1) is 0 Å². The molecule has 0 aromatic carbocycles. The lowest BCUT2D eigenvalue weighted by atomic mass is 10.2. The summed E-state index contributed by atoms with van der Waals surface area (Å²) in [5.74, 6) is 0.887. The van der Waals surface area contributed by atoms with Crippen molar-refractivity contribution in [1.29, 1.82) is 0 Å². The van der Waals surface area contributed by atoms with Gasteiger partial charge in [-0.2, -0.15) is 0 Å². The van der Waals surface area contributed by atoms with E-state index in [1.54, 1.807) is 4.81 Å². The van der Waals surface area contributed by atoms with Crippen LogP contribution in [0.3, 0.4) is 0 Å². The van der Waals surface area contributed by atoms with Crippen LogP contribution in [0.15, 0.2) is 35.8 Å². The van der Waals surface area contributed by atoms with Crippen LogP contribution < -0.4 is 0 Å². The van der Waals surface area contributed by atoms with Crippen LogP contribution >= 0.6 is 0 Å². The van der Waals surface area contributed by atoms with Crippen molar-refractivity contribution >= 4 is 7.98 Å². The molecule has 0 saturated heterocycles. The molecule has 2 nitrogen and oxygen atoms in total. The summed E-state index contributed by atoms with van der Waals surface area (Å²) in [6.07, 6.45) is 9.08. The molecule has 0 unspecified atom stereocenters. The first kappa shape index (κ1) is 14.9. The Kier molecular flexibility index (Phi) is 8.50. The van der Waals surface area contributed by atoms with Gasteiger partial charge in [0.1, 0.15) is 12.4 Å². The third-order valence-corrected chi connectivity index (χ3v) is 1.97. The molecule has 1 aliphatic heterocycles. The van der Waals surface area contributed by atoms with Crippen LogP contribution in [0.5, 0.6) is 0 Å². The Morgan fingerprint density at radius 1 is 1.12 bits per heavy atom. The number of ether oxygens (including phenoxy) is 1. The maximum Gasteiger partial charge on any atom is 0.226 e. The fourth-order valence-corrected chi connectivity index (χ4v) is 1.33. The smallest absolute Gasteiger partial charge is 0.226 e. The second-order valence-corrected chi connectivity index (χ2v) is 2.83. The second kappa shape index (κ2) is 9.14. The van der Waals surface area contributed by atoms with Gasteiger partial charge in [-0.05, 0) is 18.6 Å². The first-order chi connectivity index (χ1) is 7.88. The average Bonchev–Trinajstić information content (AvgIpc) is 2.60. The number of hydrogen-bond acceptors (Lipinski definition) is 2. The Balaban J connectivity index is 0.000000509. The average molecular weight is 219 g/mol. The molecule has 0 aromatic heterocycles. The van der Waals surface area contributed by atoms with Gasteiger partial charge >= 0.3 is 0 Å². The van der Waals surface area contributed by atoms with E-state index in [4.69, 9.17) is 12.7 Å². The van der Waals surface area contributed by atoms with Crippen molar-refractivity contribution in [3.63, 3.8) is 0 Å². The van der Waals surface area contributed by atoms with E-state index in [0.29, 0.717) is 6.61 Å². The standard InChI is InChI=1S/C9H10BNO.2C2H6/c10-11-6-7-12-9-5-3-1-2-4-8(9)11;2*1-2/h2-5H,1,6-7H2;2*1-2H3. The largest absolute Gasteiger partial charge is 0.490 e. The molecule has 16 heavy (non-hydrogen) atoms. The Morgan fingerprint density at radius 3 is 2.44 bits per heavy atom. The number of allylic oxidation sites excluding steroid dienone is 4. The third-order valence-electron chi connectivity index (χ3n) is 1.97. The summed E-state index contributed by atoms with van der Waals surface area (Å²) in [6, 6.07) is 0. The van der Waals surface area contributed by atoms with Crippen LogP contribution in [0.4, 0.5) is 0 Å². The molecule has 2 aliphatic rings. The minimum Gasteiger partial charge on any atom is -0.490 e. The highest BCUT2D eigenvalue weighted by atomic mass is 16.5. The van der Waals surface area contributed by atoms with E-state index in [2.05, 4.69) is 12.2 Å². The van der Waals surface area contributed by atoms with Gasteiger partial charge in [0.25, 0.3) is 0 Å². The number of rotatable bonds is 0. The molecule has 0 amide bonds. The molecule has 1 heterocycles. The van der Waals surface area contributed by atoms with E-state index in [9.17, 15) is 0 Å². The van der Waals surface area contributed by atoms with Gasteiger partial charge in [0.2, 0.25) is 7.98 Å². The summed E-state index contributed by atoms with van der Waals surface area (Å²) < 4.78 is 5.45. The van der Waals surface area contributed by atoms with Crippen LogP contribution in [0.25, 0.3) is 0 Å². The second-order valence-electron chi connectivity index (χ2n) is 2.83. The van der Waals surface area contributed by atoms with Crippen LogP contribution in [-0.2, 0) is 4.74 Å². The topological polar surface area (TPSA) is 12.5 Å². The quantitative estimate of drug-likeness (QED) is 0.580. The van der Waals surface area contributed by atoms with E-state index >= 15 is 0 Å². The SMILES string of the molecule is CC.CC.[B]N1CCOC2=C1C=CCC=C2. The molecule has 2 radical (unpaired) electrons. The van der Waals surface area contributed by atoms with E-state index in [1.165, 1.54) is 0 Å². The molecular formula is C13H22BNO. The van der Waals surface area contributed by atoms with Crippen LogP contribution in [0, 0.1) is 0 Å². The van der Waals surface area contributed by atoms with Crippen LogP contribution in [0.1, 0.15) is 34.1 Å². The van der Waals surface area contributed by atoms with Crippen molar-refractivity contribution in [3.8, 4) is 0 Å². The molecule has 3 heteroatoms. The lowest BCUT2D eigenvalue weighted by Gasteiger charge is -2.28. The summed E-state index contributed by atoms with van der Waals surface area (Å²) in [4.78, 5) is 1.73. The first-order valence-corrected chi connectivity index (χ1v) is 6.10. The van der Waals surface area contributed by atoms with Crippen LogP contribution in [0.2, 0.25) is 0 Å². The van der Waals surface area contributed by atoms with Gasteiger partial charge in [-0.3, -0.25) is 0 Å². The van der Waals surface area contributed by atoms with Crippen LogP contribution in [-0.4, -0.2) is 25.9 Å². The number of nitrogens with zero attached hydrogens (tertiary/aromatic N) is 1. The van der Waals surface area contributed by atoms with Crippen molar-refractivity contribution in [2.45, 2.75) is 34.1 Å². The highest BCUT2D eigenvalue weighted by Gasteiger charge is 2.14. The molecule has 0 aromatic rings. The van der Waals surface area contributed by atoms with Crippen molar-refractivity contribution in [2.24, 2.45) is 0 Å². The Bertz CT molecular complexity index is 269. The zero-order chi connectivity index (χ0) is 12.4. The van der Waals surface area contributed by atoms with Gasteiger partial charge in [-0.25, -0.2) is 0 Å². The monoisotopic (exact) mass is 219 g/mol. The molecule has 0 spiro atoms. The highest BCUT2D eigenvalue weighted by molar-refractivity contribution is 6.06. The molecule has 1 aliphatic carbocycles. The molecular weight excluding hydrogens is 197 g/mol. The fraction of sp³-hybridized carbons (Fsp3) is 0.538. The summed E-state index contributed by atoms with van der Waals surface area (Å²) in [5.41, 5.74) is 0.981. The lowest BCUT2D eigenvalue weighted by molar-refractivity contribution is 0.178. The summed E-state index contributed by atoms with van der Waals surface area (Å²) in [5, 5.41) is 0. The first-order valence-electron chi connectivity index (χ1n) is 6.10. The Labute approximate surface area is 101 Å². The fourth-order valence-electron chi connectivity index (χ4n) is 1.33. The van der Waals surface area contributed by atoms with Gasteiger partial charge in [-0.1, -0.05) is 39.8 Å². The van der Waals surface area contributed by atoms with Gasteiger partial charge in [0, 0.05) is 6.54 Å².